The smallest absolute Gasteiger partial charge is 0.314 e. The Balaban J connectivity index is 1.66. The Morgan fingerprint density at radius 3 is 2.80 bits per heavy atom. The number of rotatable bonds is 6. The van der Waals surface area contributed by atoms with Gasteiger partial charge < -0.3 is 9.64 Å². The zero-order valence-corrected chi connectivity index (χ0v) is 14.3. The minimum Gasteiger partial charge on any atom is -0.468 e. The second-order valence-electron chi connectivity index (χ2n) is 6.44. The van der Waals surface area contributed by atoms with Crippen molar-refractivity contribution in [2.45, 2.75) is 43.8 Å². The third kappa shape index (κ3) is 3.71. The number of nitrogens with zero attached hydrogens (tertiary/aromatic N) is 3. The Bertz CT molecular complexity index is 745. The van der Waals surface area contributed by atoms with E-state index in [1.54, 1.807) is 4.90 Å². The number of terminal acetylenes is 1. The van der Waals surface area contributed by atoms with Crippen LogP contribution in [0.15, 0.2) is 34.5 Å². The first-order chi connectivity index (χ1) is 12.1. The molecule has 0 radical (unpaired) electrons. The van der Waals surface area contributed by atoms with Gasteiger partial charge in [0.1, 0.15) is 0 Å². The van der Waals surface area contributed by atoms with Crippen LogP contribution in [0.5, 0.6) is 0 Å². The van der Waals surface area contributed by atoms with Crippen molar-refractivity contribution in [1.82, 2.24) is 4.90 Å². The van der Waals surface area contributed by atoms with Gasteiger partial charge in [0.05, 0.1) is 13.0 Å². The highest BCUT2D eigenvalue weighted by Gasteiger charge is 2.40. The van der Waals surface area contributed by atoms with Gasteiger partial charge in [0, 0.05) is 38.8 Å². The van der Waals surface area contributed by atoms with Crippen LogP contribution < -0.4 is 0 Å². The molecule has 0 saturated heterocycles. The fourth-order valence-electron chi connectivity index (χ4n) is 3.27. The number of ether oxygens (including phenoxy) is 1. The molecule has 0 N–H and O–H groups in total. The van der Waals surface area contributed by atoms with Crippen LogP contribution in [0.4, 0.5) is 0 Å². The first-order valence-electron chi connectivity index (χ1n) is 8.39. The van der Waals surface area contributed by atoms with Gasteiger partial charge in [-0.2, -0.15) is 10.2 Å². The number of benzene rings is 1. The number of esters is 1. The van der Waals surface area contributed by atoms with E-state index in [4.69, 9.17) is 11.2 Å². The molecule has 2 aliphatic rings. The van der Waals surface area contributed by atoms with Gasteiger partial charge in [-0.25, -0.2) is 0 Å². The molecule has 0 saturated carbocycles. The van der Waals surface area contributed by atoms with E-state index in [-0.39, 0.29) is 11.9 Å². The molecular formula is C19H21N3O3. The lowest BCUT2D eigenvalue weighted by Gasteiger charge is -2.33. The van der Waals surface area contributed by atoms with Crippen LogP contribution in [0.25, 0.3) is 0 Å². The van der Waals surface area contributed by atoms with Crippen LogP contribution in [0.3, 0.4) is 0 Å². The summed E-state index contributed by atoms with van der Waals surface area (Å²) in [5.41, 5.74) is 1.47. The molecule has 25 heavy (non-hydrogen) atoms. The lowest BCUT2D eigenvalue weighted by Crippen LogP contribution is -2.41. The molecule has 1 aromatic carbocycles. The molecule has 0 spiro atoms. The molecule has 6 heteroatoms. The maximum atomic E-state index is 12.7. The van der Waals surface area contributed by atoms with Gasteiger partial charge in [0.25, 0.3) is 0 Å². The van der Waals surface area contributed by atoms with E-state index in [0.717, 1.165) is 11.1 Å². The Hall–Kier alpha value is -2.68. The molecule has 2 aliphatic heterocycles. The first kappa shape index (κ1) is 17.2. The van der Waals surface area contributed by atoms with Crippen LogP contribution >= 0.6 is 0 Å². The zero-order valence-electron chi connectivity index (χ0n) is 14.3. The summed E-state index contributed by atoms with van der Waals surface area (Å²) < 4.78 is 4.92. The molecule has 2 heterocycles. The lowest BCUT2D eigenvalue weighted by atomic mass is 9.89. The van der Waals surface area contributed by atoms with Gasteiger partial charge in [-0.05, 0) is 11.1 Å². The normalized spacial score (nSPS) is 19.7. The topological polar surface area (TPSA) is 71.3 Å². The molecule has 1 amide bonds. The van der Waals surface area contributed by atoms with Crippen molar-refractivity contribution < 1.29 is 14.3 Å². The van der Waals surface area contributed by atoms with Gasteiger partial charge in [-0.15, -0.1) is 12.3 Å². The summed E-state index contributed by atoms with van der Waals surface area (Å²) in [6.45, 7) is 0.850. The van der Waals surface area contributed by atoms with Crippen molar-refractivity contribution in [3.8, 4) is 12.3 Å². The number of carbonyl (C=O) groups excluding carboxylic acids is 2. The lowest BCUT2D eigenvalue weighted by molar-refractivity contribution is -0.144. The fourth-order valence-corrected chi connectivity index (χ4v) is 3.27. The Labute approximate surface area is 147 Å². The standard InChI is InChI=1S/C19H21N3O3/c1-3-4-10-19(20-21-19)11-9-17(23)22-12-14-7-5-6-8-15(14)16(13-22)18(24)25-2/h1,5-8,16H,4,9-13H2,2H3. The summed E-state index contributed by atoms with van der Waals surface area (Å²) in [5, 5.41) is 8.13. The summed E-state index contributed by atoms with van der Waals surface area (Å²) in [6, 6.07) is 7.69. The zero-order chi connectivity index (χ0) is 17.9. The van der Waals surface area contributed by atoms with Crippen molar-refractivity contribution in [3.05, 3.63) is 35.4 Å². The number of fused-ring (bicyclic) bond motifs is 1. The predicted octanol–water partition coefficient (Wildman–Crippen LogP) is 2.64. The molecule has 0 aromatic heterocycles. The molecule has 0 bridgehead atoms. The number of hydrogen-bond donors (Lipinski definition) is 0. The van der Waals surface area contributed by atoms with Gasteiger partial charge >= 0.3 is 5.97 Å². The monoisotopic (exact) mass is 339 g/mol. The molecule has 6 nitrogen and oxygen atoms in total. The van der Waals surface area contributed by atoms with Gasteiger partial charge in [0.2, 0.25) is 5.91 Å². The van der Waals surface area contributed by atoms with Crippen LogP contribution in [-0.4, -0.2) is 36.1 Å². The molecule has 1 unspecified atom stereocenters. The highest BCUT2D eigenvalue weighted by Crippen LogP contribution is 2.38. The average molecular weight is 339 g/mol. The molecule has 130 valence electrons. The minimum atomic E-state index is -0.461. The molecular weight excluding hydrogens is 318 g/mol. The van der Waals surface area contributed by atoms with Gasteiger partial charge in [0.15, 0.2) is 5.66 Å². The number of carbonyl (C=O) groups is 2. The van der Waals surface area contributed by atoms with E-state index in [1.807, 2.05) is 24.3 Å². The summed E-state index contributed by atoms with van der Waals surface area (Å²) >= 11 is 0. The molecule has 1 atom stereocenters. The van der Waals surface area contributed by atoms with E-state index in [2.05, 4.69) is 16.1 Å². The third-order valence-corrected chi connectivity index (χ3v) is 4.82. The fraction of sp³-hybridized carbons (Fsp3) is 0.474. The van der Waals surface area contributed by atoms with Crippen LogP contribution in [0, 0.1) is 12.3 Å². The molecule has 0 aliphatic carbocycles. The third-order valence-electron chi connectivity index (χ3n) is 4.82. The number of hydrogen-bond acceptors (Lipinski definition) is 5. The highest BCUT2D eigenvalue weighted by molar-refractivity contribution is 5.82. The molecule has 1 aromatic rings. The molecule has 3 rings (SSSR count). The second kappa shape index (κ2) is 7.06. The Kier molecular flexibility index (Phi) is 4.84. The Morgan fingerprint density at radius 1 is 1.36 bits per heavy atom. The maximum Gasteiger partial charge on any atom is 0.314 e. The van der Waals surface area contributed by atoms with Crippen molar-refractivity contribution in [3.63, 3.8) is 0 Å². The van der Waals surface area contributed by atoms with E-state index in [9.17, 15) is 9.59 Å². The highest BCUT2D eigenvalue weighted by atomic mass is 16.5. The van der Waals surface area contributed by atoms with E-state index < -0.39 is 11.6 Å². The van der Waals surface area contributed by atoms with E-state index in [1.165, 1.54) is 7.11 Å². The average Bonchev–Trinajstić information content (AvgIpc) is 3.43. The number of methoxy groups -OCH3 is 1. The quantitative estimate of drug-likeness (QED) is 0.591. The van der Waals surface area contributed by atoms with Crippen molar-refractivity contribution in [2.24, 2.45) is 10.2 Å². The van der Waals surface area contributed by atoms with E-state index in [0.29, 0.717) is 38.8 Å². The van der Waals surface area contributed by atoms with Crippen molar-refractivity contribution >= 4 is 11.9 Å². The maximum absolute atomic E-state index is 12.7. The SMILES string of the molecule is C#CCCC1(CCC(=O)N2Cc3ccccc3C(C(=O)OC)C2)N=N1. The summed E-state index contributed by atoms with van der Waals surface area (Å²) in [7, 11) is 1.37. The van der Waals surface area contributed by atoms with Crippen molar-refractivity contribution in [2.75, 3.05) is 13.7 Å². The Morgan fingerprint density at radius 2 is 2.12 bits per heavy atom. The second-order valence-corrected chi connectivity index (χ2v) is 6.44. The predicted molar refractivity (Wildman–Crippen MR) is 91.5 cm³/mol. The molecule has 0 fully saturated rings. The largest absolute Gasteiger partial charge is 0.468 e. The van der Waals surface area contributed by atoms with E-state index >= 15 is 0 Å². The number of amides is 1. The summed E-state index contributed by atoms with van der Waals surface area (Å²) in [5.74, 6) is 1.83. The summed E-state index contributed by atoms with van der Waals surface area (Å²) in [4.78, 5) is 26.5. The van der Waals surface area contributed by atoms with Crippen LogP contribution in [0.1, 0.15) is 42.7 Å². The van der Waals surface area contributed by atoms with Gasteiger partial charge in [-0.3, -0.25) is 9.59 Å². The van der Waals surface area contributed by atoms with Gasteiger partial charge in [-0.1, -0.05) is 24.3 Å². The first-order valence-corrected chi connectivity index (χ1v) is 8.39. The summed E-state index contributed by atoms with van der Waals surface area (Å²) in [6.07, 6.45) is 7.48. The van der Waals surface area contributed by atoms with Crippen molar-refractivity contribution in [1.29, 1.82) is 0 Å². The minimum absolute atomic E-state index is 0.000730. The van der Waals surface area contributed by atoms with Crippen LogP contribution in [0.2, 0.25) is 0 Å². The van der Waals surface area contributed by atoms with Crippen LogP contribution in [-0.2, 0) is 20.9 Å².